The van der Waals surface area contributed by atoms with Crippen molar-refractivity contribution >= 4 is 5.82 Å². The third-order valence-corrected chi connectivity index (χ3v) is 2.75. The molecule has 18 heavy (non-hydrogen) atoms. The number of hydrogen-bond donors (Lipinski definition) is 1. The summed E-state index contributed by atoms with van der Waals surface area (Å²) in [6, 6.07) is 11.0. The first kappa shape index (κ1) is 12.5. The maximum atomic E-state index is 13.6. The van der Waals surface area contributed by atoms with E-state index in [1.54, 1.807) is 17.2 Å². The van der Waals surface area contributed by atoms with Crippen molar-refractivity contribution in [2.75, 3.05) is 11.9 Å². The summed E-state index contributed by atoms with van der Waals surface area (Å²) in [6.07, 6.45) is 1.59. The predicted molar refractivity (Wildman–Crippen MR) is 70.6 cm³/mol. The summed E-state index contributed by atoms with van der Waals surface area (Å²) >= 11 is 0. The van der Waals surface area contributed by atoms with Crippen molar-refractivity contribution in [2.45, 2.75) is 13.1 Å². The summed E-state index contributed by atoms with van der Waals surface area (Å²) in [4.78, 5) is 5.83. The molecule has 0 aliphatic carbocycles. The van der Waals surface area contributed by atoms with Gasteiger partial charge in [0.1, 0.15) is 0 Å². The predicted octanol–water partition coefficient (Wildman–Crippen LogP) is 2.32. The molecule has 0 aliphatic rings. The molecule has 1 aromatic heterocycles. The zero-order chi connectivity index (χ0) is 13.0. The Hall–Kier alpha value is -1.94. The van der Waals surface area contributed by atoms with E-state index >= 15 is 0 Å². The largest absolute Gasteiger partial charge is 0.353 e. The van der Waals surface area contributed by atoms with Gasteiger partial charge in [0.05, 0.1) is 0 Å². The summed E-state index contributed by atoms with van der Waals surface area (Å²) in [5.41, 5.74) is 7.76. The van der Waals surface area contributed by atoms with Crippen LogP contribution in [0.2, 0.25) is 0 Å². The van der Waals surface area contributed by atoms with Gasteiger partial charge in [-0.3, -0.25) is 0 Å². The number of anilines is 1. The lowest BCUT2D eigenvalue weighted by atomic mass is 10.1. The standard InChI is InChI=1S/C14H16FN3/c1-18(14-13(15)6-3-7-17-14)10-12-5-2-4-11(8-12)9-16/h2-8H,9-10,16H2,1H3. The van der Waals surface area contributed by atoms with E-state index in [0.29, 0.717) is 18.9 Å². The molecular weight excluding hydrogens is 229 g/mol. The molecule has 0 saturated heterocycles. The molecule has 0 amide bonds. The molecule has 3 nitrogen and oxygen atoms in total. The second-order valence-corrected chi connectivity index (χ2v) is 4.19. The Morgan fingerprint density at radius 2 is 2.00 bits per heavy atom. The number of aromatic nitrogens is 1. The van der Waals surface area contributed by atoms with Crippen molar-refractivity contribution in [1.29, 1.82) is 0 Å². The minimum absolute atomic E-state index is 0.310. The second kappa shape index (κ2) is 5.60. The molecule has 0 saturated carbocycles. The topological polar surface area (TPSA) is 42.1 Å². The van der Waals surface area contributed by atoms with E-state index in [1.807, 2.05) is 31.3 Å². The summed E-state index contributed by atoms with van der Waals surface area (Å²) in [5, 5.41) is 0. The number of pyridine rings is 1. The third kappa shape index (κ3) is 2.84. The van der Waals surface area contributed by atoms with E-state index in [4.69, 9.17) is 5.73 Å². The maximum absolute atomic E-state index is 13.6. The van der Waals surface area contributed by atoms with Crippen molar-refractivity contribution in [3.05, 3.63) is 59.5 Å². The molecule has 1 heterocycles. The molecule has 2 rings (SSSR count). The van der Waals surface area contributed by atoms with Crippen LogP contribution in [0.3, 0.4) is 0 Å². The highest BCUT2D eigenvalue weighted by molar-refractivity contribution is 5.40. The number of halogens is 1. The highest BCUT2D eigenvalue weighted by Gasteiger charge is 2.08. The normalized spacial score (nSPS) is 10.4. The Morgan fingerprint density at radius 1 is 1.22 bits per heavy atom. The number of benzene rings is 1. The van der Waals surface area contributed by atoms with E-state index in [-0.39, 0.29) is 5.82 Å². The Balaban J connectivity index is 2.16. The SMILES string of the molecule is CN(Cc1cccc(CN)c1)c1ncccc1F. The molecule has 4 heteroatoms. The first-order valence-corrected chi connectivity index (χ1v) is 5.80. The van der Waals surface area contributed by atoms with Gasteiger partial charge < -0.3 is 10.6 Å². The molecule has 2 aromatic rings. The molecule has 2 N–H and O–H groups in total. The lowest BCUT2D eigenvalue weighted by Crippen LogP contribution is -2.19. The van der Waals surface area contributed by atoms with Crippen LogP contribution >= 0.6 is 0 Å². The van der Waals surface area contributed by atoms with Crippen molar-refractivity contribution in [3.63, 3.8) is 0 Å². The smallest absolute Gasteiger partial charge is 0.165 e. The van der Waals surface area contributed by atoms with Gasteiger partial charge in [-0.2, -0.15) is 0 Å². The fraction of sp³-hybridized carbons (Fsp3) is 0.214. The quantitative estimate of drug-likeness (QED) is 0.898. The Labute approximate surface area is 106 Å². The Bertz CT molecular complexity index is 528. The molecule has 0 fully saturated rings. The second-order valence-electron chi connectivity index (χ2n) is 4.19. The van der Waals surface area contributed by atoms with Crippen molar-refractivity contribution in [2.24, 2.45) is 5.73 Å². The highest BCUT2D eigenvalue weighted by atomic mass is 19.1. The highest BCUT2D eigenvalue weighted by Crippen LogP contribution is 2.16. The van der Waals surface area contributed by atoms with Gasteiger partial charge in [-0.1, -0.05) is 24.3 Å². The van der Waals surface area contributed by atoms with Crippen LogP contribution in [-0.4, -0.2) is 12.0 Å². The number of rotatable bonds is 4. The number of hydrogen-bond acceptors (Lipinski definition) is 3. The summed E-state index contributed by atoms with van der Waals surface area (Å²) in [5.74, 6) is 0.0469. The van der Waals surface area contributed by atoms with Crippen LogP contribution in [0.4, 0.5) is 10.2 Å². The van der Waals surface area contributed by atoms with Crippen LogP contribution in [-0.2, 0) is 13.1 Å². The lowest BCUT2D eigenvalue weighted by Gasteiger charge is -2.18. The van der Waals surface area contributed by atoms with Crippen molar-refractivity contribution in [1.82, 2.24) is 4.98 Å². The molecule has 94 valence electrons. The van der Waals surface area contributed by atoms with Crippen LogP contribution in [0.5, 0.6) is 0 Å². The lowest BCUT2D eigenvalue weighted by molar-refractivity contribution is 0.615. The fourth-order valence-electron chi connectivity index (χ4n) is 1.86. The average molecular weight is 245 g/mol. The molecular formula is C14H16FN3. The van der Waals surface area contributed by atoms with Crippen molar-refractivity contribution < 1.29 is 4.39 Å². The van der Waals surface area contributed by atoms with Gasteiger partial charge >= 0.3 is 0 Å². The molecule has 0 unspecified atom stereocenters. The van der Waals surface area contributed by atoms with Gasteiger partial charge in [-0.15, -0.1) is 0 Å². The zero-order valence-electron chi connectivity index (χ0n) is 10.3. The molecule has 0 radical (unpaired) electrons. The minimum Gasteiger partial charge on any atom is -0.353 e. The maximum Gasteiger partial charge on any atom is 0.165 e. The van der Waals surface area contributed by atoms with Gasteiger partial charge in [0.2, 0.25) is 0 Å². The van der Waals surface area contributed by atoms with E-state index in [9.17, 15) is 4.39 Å². The van der Waals surface area contributed by atoms with E-state index in [0.717, 1.165) is 11.1 Å². The summed E-state index contributed by atoms with van der Waals surface area (Å²) in [6.45, 7) is 1.11. The first-order chi connectivity index (χ1) is 8.70. The van der Waals surface area contributed by atoms with Gasteiger partial charge in [0.25, 0.3) is 0 Å². The summed E-state index contributed by atoms with van der Waals surface area (Å²) < 4.78 is 13.6. The molecule has 1 aromatic carbocycles. The van der Waals surface area contributed by atoms with Gasteiger partial charge in [-0.25, -0.2) is 9.37 Å². The zero-order valence-corrected chi connectivity index (χ0v) is 10.3. The first-order valence-electron chi connectivity index (χ1n) is 5.80. The summed E-state index contributed by atoms with van der Waals surface area (Å²) in [7, 11) is 1.82. The van der Waals surface area contributed by atoms with Crippen LogP contribution in [0.15, 0.2) is 42.6 Å². The number of nitrogens with zero attached hydrogens (tertiary/aromatic N) is 2. The minimum atomic E-state index is -0.310. The fourth-order valence-corrected chi connectivity index (χ4v) is 1.86. The van der Waals surface area contributed by atoms with E-state index in [2.05, 4.69) is 4.98 Å². The van der Waals surface area contributed by atoms with E-state index in [1.165, 1.54) is 6.07 Å². The van der Waals surface area contributed by atoms with E-state index < -0.39 is 0 Å². The van der Waals surface area contributed by atoms with Gasteiger partial charge in [0.15, 0.2) is 11.6 Å². The Kier molecular flexibility index (Phi) is 3.89. The van der Waals surface area contributed by atoms with Crippen LogP contribution in [0, 0.1) is 5.82 Å². The molecule has 0 bridgehead atoms. The van der Waals surface area contributed by atoms with Crippen LogP contribution in [0.1, 0.15) is 11.1 Å². The van der Waals surface area contributed by atoms with Gasteiger partial charge in [-0.05, 0) is 23.3 Å². The van der Waals surface area contributed by atoms with Gasteiger partial charge in [0, 0.05) is 26.3 Å². The van der Waals surface area contributed by atoms with Crippen LogP contribution in [0.25, 0.3) is 0 Å². The monoisotopic (exact) mass is 245 g/mol. The average Bonchev–Trinajstić information content (AvgIpc) is 2.39. The molecule has 0 aliphatic heterocycles. The van der Waals surface area contributed by atoms with Crippen molar-refractivity contribution in [3.8, 4) is 0 Å². The molecule has 0 atom stereocenters. The number of nitrogens with two attached hydrogens (primary N) is 1. The van der Waals surface area contributed by atoms with Crippen LogP contribution < -0.4 is 10.6 Å². The molecule has 0 spiro atoms. The third-order valence-electron chi connectivity index (χ3n) is 2.75. The Morgan fingerprint density at radius 3 is 2.72 bits per heavy atom.